The lowest BCUT2D eigenvalue weighted by molar-refractivity contribution is -0.384. The van der Waals surface area contributed by atoms with Crippen molar-refractivity contribution < 1.29 is 9.66 Å². The molecule has 0 N–H and O–H groups in total. The Balaban J connectivity index is 2.32. The average molecular weight is 352 g/mol. The summed E-state index contributed by atoms with van der Waals surface area (Å²) in [7, 11) is 3.35. The Morgan fingerprint density at radius 2 is 2.19 bits per heavy atom. The highest BCUT2D eigenvalue weighted by atomic mass is 79.9. The van der Waals surface area contributed by atoms with Crippen LogP contribution in [0.1, 0.15) is 5.56 Å². The summed E-state index contributed by atoms with van der Waals surface area (Å²) in [6, 6.07) is 8.64. The van der Waals surface area contributed by atoms with Gasteiger partial charge >= 0.3 is 5.69 Å². The molecule has 0 aliphatic heterocycles. The lowest BCUT2D eigenvalue weighted by Gasteiger charge is -2.19. The number of hydrogen-bond acceptors (Lipinski definition) is 5. The van der Waals surface area contributed by atoms with Crippen molar-refractivity contribution in [1.82, 2.24) is 4.98 Å². The molecule has 0 atom stereocenters. The largest absolute Gasteiger partial charge is 0.496 e. The van der Waals surface area contributed by atoms with Crippen LogP contribution in [0.3, 0.4) is 0 Å². The van der Waals surface area contributed by atoms with Crippen LogP contribution >= 0.6 is 15.9 Å². The lowest BCUT2D eigenvalue weighted by atomic mass is 10.2. The Hall–Kier alpha value is -2.15. The van der Waals surface area contributed by atoms with Crippen molar-refractivity contribution in [2.45, 2.75) is 6.54 Å². The van der Waals surface area contributed by atoms with Crippen molar-refractivity contribution >= 4 is 27.4 Å². The fourth-order valence-corrected chi connectivity index (χ4v) is 2.43. The Kier molecular flexibility index (Phi) is 4.74. The molecule has 0 bridgehead atoms. The smallest absolute Gasteiger partial charge is 0.311 e. The summed E-state index contributed by atoms with van der Waals surface area (Å²) in [5.41, 5.74) is 0.892. The summed E-state index contributed by atoms with van der Waals surface area (Å²) in [5.74, 6) is 1.05. The first-order chi connectivity index (χ1) is 10.0. The lowest BCUT2D eigenvalue weighted by Crippen LogP contribution is -2.19. The molecule has 0 aliphatic rings. The van der Waals surface area contributed by atoms with Crippen LogP contribution in [0.25, 0.3) is 0 Å². The maximum Gasteiger partial charge on any atom is 0.311 e. The van der Waals surface area contributed by atoms with E-state index in [0.717, 1.165) is 15.8 Å². The fraction of sp³-hybridized carbons (Fsp3) is 0.214. The topological polar surface area (TPSA) is 68.5 Å². The Bertz CT molecular complexity index is 664. The van der Waals surface area contributed by atoms with Crippen LogP contribution in [0, 0.1) is 10.1 Å². The van der Waals surface area contributed by atoms with E-state index < -0.39 is 4.92 Å². The van der Waals surface area contributed by atoms with Gasteiger partial charge < -0.3 is 9.64 Å². The summed E-state index contributed by atoms with van der Waals surface area (Å²) in [5, 5.41) is 11.1. The highest BCUT2D eigenvalue weighted by Gasteiger charge is 2.19. The number of pyridine rings is 1. The number of halogens is 1. The van der Waals surface area contributed by atoms with Crippen LogP contribution in [0.15, 0.2) is 41.0 Å². The molecule has 1 aromatic heterocycles. The van der Waals surface area contributed by atoms with Gasteiger partial charge in [-0.1, -0.05) is 15.9 Å². The third-order valence-electron chi connectivity index (χ3n) is 2.97. The van der Waals surface area contributed by atoms with Crippen molar-refractivity contribution in [3.8, 4) is 5.75 Å². The van der Waals surface area contributed by atoms with Gasteiger partial charge in [-0.15, -0.1) is 0 Å². The molecule has 0 radical (unpaired) electrons. The summed E-state index contributed by atoms with van der Waals surface area (Å²) < 4.78 is 6.23. The predicted molar refractivity (Wildman–Crippen MR) is 83.7 cm³/mol. The van der Waals surface area contributed by atoms with Gasteiger partial charge in [0.2, 0.25) is 5.82 Å². The standard InChI is InChI=1S/C14H14BrN3O3/c1-17(14-12(18(19)20)4-3-7-16-14)9-10-8-11(15)5-6-13(10)21-2/h3-8H,9H2,1-2H3. The second kappa shape index (κ2) is 6.53. The zero-order valence-electron chi connectivity index (χ0n) is 11.6. The van der Waals surface area contributed by atoms with Gasteiger partial charge in [-0.05, 0) is 24.3 Å². The third kappa shape index (κ3) is 3.49. The van der Waals surface area contributed by atoms with E-state index >= 15 is 0 Å². The van der Waals surface area contributed by atoms with E-state index in [2.05, 4.69) is 20.9 Å². The van der Waals surface area contributed by atoms with Crippen LogP contribution < -0.4 is 9.64 Å². The van der Waals surface area contributed by atoms with Gasteiger partial charge in [-0.25, -0.2) is 4.98 Å². The van der Waals surface area contributed by atoms with Crippen LogP contribution in [-0.4, -0.2) is 24.1 Å². The van der Waals surface area contributed by atoms with E-state index in [4.69, 9.17) is 4.74 Å². The zero-order valence-corrected chi connectivity index (χ0v) is 13.2. The third-order valence-corrected chi connectivity index (χ3v) is 3.47. The molecular formula is C14H14BrN3O3. The summed E-state index contributed by atoms with van der Waals surface area (Å²) in [6.45, 7) is 0.445. The summed E-state index contributed by atoms with van der Waals surface area (Å²) >= 11 is 3.41. The molecule has 1 heterocycles. The minimum absolute atomic E-state index is 0.0195. The first-order valence-corrected chi connectivity index (χ1v) is 6.95. The molecule has 0 fully saturated rings. The number of anilines is 1. The second-order valence-electron chi connectivity index (χ2n) is 4.42. The van der Waals surface area contributed by atoms with Crippen molar-refractivity contribution in [1.29, 1.82) is 0 Å². The number of rotatable bonds is 5. The number of ether oxygens (including phenoxy) is 1. The van der Waals surface area contributed by atoms with Gasteiger partial charge in [0.15, 0.2) is 0 Å². The molecule has 21 heavy (non-hydrogen) atoms. The maximum atomic E-state index is 11.1. The number of nitrogens with zero attached hydrogens (tertiary/aromatic N) is 3. The molecule has 0 spiro atoms. The normalized spacial score (nSPS) is 10.2. The molecule has 7 heteroatoms. The van der Waals surface area contributed by atoms with Gasteiger partial charge in [-0.2, -0.15) is 0 Å². The van der Waals surface area contributed by atoms with Gasteiger partial charge in [0.05, 0.1) is 12.0 Å². The molecule has 0 saturated heterocycles. The number of hydrogen-bond donors (Lipinski definition) is 0. The van der Waals surface area contributed by atoms with E-state index in [9.17, 15) is 10.1 Å². The van der Waals surface area contributed by atoms with Crippen LogP contribution in [-0.2, 0) is 6.54 Å². The minimum atomic E-state index is -0.434. The van der Waals surface area contributed by atoms with Crippen molar-refractivity contribution in [2.75, 3.05) is 19.1 Å². The summed E-state index contributed by atoms with van der Waals surface area (Å²) in [6.07, 6.45) is 1.54. The van der Waals surface area contributed by atoms with Gasteiger partial charge in [0, 0.05) is 35.9 Å². The molecule has 6 nitrogen and oxygen atoms in total. The van der Waals surface area contributed by atoms with Crippen LogP contribution in [0.4, 0.5) is 11.5 Å². The van der Waals surface area contributed by atoms with Gasteiger partial charge in [0.1, 0.15) is 5.75 Å². The second-order valence-corrected chi connectivity index (χ2v) is 5.33. The highest BCUT2D eigenvalue weighted by molar-refractivity contribution is 9.10. The monoisotopic (exact) mass is 351 g/mol. The molecule has 2 aromatic rings. The van der Waals surface area contributed by atoms with Crippen molar-refractivity contribution in [3.63, 3.8) is 0 Å². The minimum Gasteiger partial charge on any atom is -0.496 e. The quantitative estimate of drug-likeness (QED) is 0.609. The van der Waals surface area contributed by atoms with Crippen LogP contribution in [0.2, 0.25) is 0 Å². The Morgan fingerprint density at radius 3 is 2.86 bits per heavy atom. The van der Waals surface area contributed by atoms with Gasteiger partial charge in [-0.3, -0.25) is 10.1 Å². The van der Waals surface area contributed by atoms with E-state index in [1.807, 2.05) is 18.2 Å². The molecule has 110 valence electrons. The maximum absolute atomic E-state index is 11.1. The Morgan fingerprint density at radius 1 is 1.43 bits per heavy atom. The summed E-state index contributed by atoms with van der Waals surface area (Å²) in [4.78, 5) is 16.5. The molecule has 2 rings (SSSR count). The fourth-order valence-electron chi connectivity index (χ4n) is 2.03. The van der Waals surface area contributed by atoms with E-state index in [0.29, 0.717) is 12.4 Å². The number of methoxy groups -OCH3 is 1. The highest BCUT2D eigenvalue weighted by Crippen LogP contribution is 2.28. The zero-order chi connectivity index (χ0) is 15.4. The number of benzene rings is 1. The average Bonchev–Trinajstić information content (AvgIpc) is 2.47. The molecular weight excluding hydrogens is 338 g/mol. The predicted octanol–water partition coefficient (Wildman–Crippen LogP) is 3.40. The first-order valence-electron chi connectivity index (χ1n) is 6.16. The van der Waals surface area contributed by atoms with E-state index in [1.54, 1.807) is 25.1 Å². The Labute approximate surface area is 130 Å². The van der Waals surface area contributed by atoms with Crippen LogP contribution in [0.5, 0.6) is 5.75 Å². The molecule has 1 aromatic carbocycles. The van der Waals surface area contributed by atoms with Crippen molar-refractivity contribution in [3.05, 3.63) is 56.7 Å². The SMILES string of the molecule is COc1ccc(Br)cc1CN(C)c1ncccc1[N+](=O)[O-]. The van der Waals surface area contributed by atoms with Gasteiger partial charge in [0.25, 0.3) is 0 Å². The molecule has 0 aliphatic carbocycles. The van der Waals surface area contributed by atoms with E-state index in [1.165, 1.54) is 12.3 Å². The molecule has 0 saturated carbocycles. The number of nitro groups is 1. The van der Waals surface area contributed by atoms with Crippen molar-refractivity contribution in [2.24, 2.45) is 0 Å². The number of aromatic nitrogens is 1. The molecule has 0 amide bonds. The van der Waals surface area contributed by atoms with E-state index in [-0.39, 0.29) is 5.69 Å². The first kappa shape index (κ1) is 15.2. The molecule has 0 unspecified atom stereocenters.